The van der Waals surface area contributed by atoms with Crippen LogP contribution in [0.15, 0.2) is 42.5 Å². The SMILES string of the molecule is O=C(O)c1cc(-c2ccc(OC(F)F)cc2)nc2cc3c(cc12)OCCO3. The Hall–Kier alpha value is -3.42. The quantitative estimate of drug-likeness (QED) is 0.746. The monoisotopic (exact) mass is 373 g/mol. The van der Waals surface area contributed by atoms with E-state index in [2.05, 4.69) is 9.72 Å². The first kappa shape index (κ1) is 17.0. The highest BCUT2D eigenvalue weighted by Crippen LogP contribution is 2.36. The van der Waals surface area contributed by atoms with Gasteiger partial charge in [-0.25, -0.2) is 9.78 Å². The molecule has 0 fully saturated rings. The van der Waals surface area contributed by atoms with E-state index in [-0.39, 0.29) is 11.3 Å². The number of carbonyl (C=O) groups is 1. The molecule has 0 saturated carbocycles. The number of carboxylic acid groups (broad SMARTS) is 1. The maximum Gasteiger partial charge on any atom is 0.387 e. The van der Waals surface area contributed by atoms with Gasteiger partial charge in [-0.05, 0) is 36.4 Å². The highest BCUT2D eigenvalue weighted by atomic mass is 19.3. The Kier molecular flexibility index (Phi) is 4.23. The summed E-state index contributed by atoms with van der Waals surface area (Å²) in [5.41, 5.74) is 1.44. The summed E-state index contributed by atoms with van der Waals surface area (Å²) >= 11 is 0. The van der Waals surface area contributed by atoms with Crippen molar-refractivity contribution in [2.75, 3.05) is 13.2 Å². The van der Waals surface area contributed by atoms with Crippen molar-refractivity contribution >= 4 is 16.9 Å². The summed E-state index contributed by atoms with van der Waals surface area (Å²) in [5.74, 6) is -0.139. The van der Waals surface area contributed by atoms with E-state index in [1.54, 1.807) is 12.1 Å². The van der Waals surface area contributed by atoms with Crippen LogP contribution in [0.2, 0.25) is 0 Å². The number of hydrogen-bond acceptors (Lipinski definition) is 5. The topological polar surface area (TPSA) is 77.9 Å². The van der Waals surface area contributed by atoms with Crippen LogP contribution in [0.3, 0.4) is 0 Å². The fourth-order valence-electron chi connectivity index (χ4n) is 2.89. The fourth-order valence-corrected chi connectivity index (χ4v) is 2.89. The van der Waals surface area contributed by atoms with Crippen LogP contribution in [0.1, 0.15) is 10.4 Å². The van der Waals surface area contributed by atoms with Gasteiger partial charge in [-0.1, -0.05) is 0 Å². The van der Waals surface area contributed by atoms with E-state index in [0.717, 1.165) is 0 Å². The maximum absolute atomic E-state index is 12.3. The summed E-state index contributed by atoms with van der Waals surface area (Å²) in [6.45, 7) is -2.13. The van der Waals surface area contributed by atoms with Crippen molar-refractivity contribution < 1.29 is 32.9 Å². The van der Waals surface area contributed by atoms with Crippen LogP contribution in [-0.2, 0) is 0 Å². The second kappa shape index (κ2) is 6.71. The number of benzene rings is 2. The molecule has 0 amide bonds. The number of rotatable bonds is 4. The number of halogens is 2. The number of alkyl halides is 2. The molecule has 0 spiro atoms. The van der Waals surface area contributed by atoms with Crippen molar-refractivity contribution in [3.63, 3.8) is 0 Å². The number of pyridine rings is 1. The molecule has 8 heteroatoms. The van der Waals surface area contributed by atoms with Gasteiger partial charge < -0.3 is 19.3 Å². The van der Waals surface area contributed by atoms with E-state index < -0.39 is 12.6 Å². The molecule has 1 N–H and O–H groups in total. The van der Waals surface area contributed by atoms with Crippen molar-refractivity contribution in [2.24, 2.45) is 0 Å². The van der Waals surface area contributed by atoms with Crippen LogP contribution in [0.5, 0.6) is 17.2 Å². The number of hydrogen-bond donors (Lipinski definition) is 1. The normalized spacial score (nSPS) is 13.0. The fraction of sp³-hybridized carbons (Fsp3) is 0.158. The summed E-state index contributed by atoms with van der Waals surface area (Å²) < 4.78 is 39.9. The lowest BCUT2D eigenvalue weighted by Gasteiger charge is -2.19. The van der Waals surface area contributed by atoms with E-state index in [1.807, 2.05) is 0 Å². The largest absolute Gasteiger partial charge is 0.486 e. The first-order valence-corrected chi connectivity index (χ1v) is 8.04. The average Bonchev–Trinajstić information content (AvgIpc) is 2.65. The Bertz CT molecular complexity index is 1020. The summed E-state index contributed by atoms with van der Waals surface area (Å²) in [6, 6.07) is 10.5. The van der Waals surface area contributed by atoms with Gasteiger partial charge in [0.1, 0.15) is 19.0 Å². The van der Waals surface area contributed by atoms with Crippen LogP contribution in [0.4, 0.5) is 8.78 Å². The second-order valence-corrected chi connectivity index (χ2v) is 5.78. The minimum atomic E-state index is -2.92. The molecular weight excluding hydrogens is 360 g/mol. The van der Waals surface area contributed by atoms with Gasteiger partial charge in [0.05, 0.1) is 16.8 Å². The third kappa shape index (κ3) is 3.33. The Morgan fingerprint density at radius 1 is 1.07 bits per heavy atom. The molecule has 0 saturated heterocycles. The van der Waals surface area contributed by atoms with Gasteiger partial charge in [-0.15, -0.1) is 0 Å². The predicted octanol–water partition coefficient (Wildman–Crippen LogP) is 3.97. The first-order chi connectivity index (χ1) is 13.0. The van der Waals surface area contributed by atoms with Gasteiger partial charge >= 0.3 is 12.6 Å². The van der Waals surface area contributed by atoms with Gasteiger partial charge in [0.2, 0.25) is 0 Å². The molecule has 1 aliphatic rings. The zero-order valence-electron chi connectivity index (χ0n) is 13.8. The van der Waals surface area contributed by atoms with Crippen molar-refractivity contribution in [3.8, 4) is 28.5 Å². The van der Waals surface area contributed by atoms with E-state index in [0.29, 0.717) is 46.9 Å². The number of fused-ring (bicyclic) bond motifs is 2. The molecule has 1 aromatic heterocycles. The first-order valence-electron chi connectivity index (χ1n) is 8.04. The van der Waals surface area contributed by atoms with Gasteiger partial charge in [0, 0.05) is 17.0 Å². The standard InChI is InChI=1S/C19H13F2NO5/c20-19(21)27-11-3-1-10(2-4-11)14-7-13(18(23)24)12-8-16-17(9-15(12)22-14)26-6-5-25-16/h1-4,7-9,19H,5-6H2,(H,23,24). The molecule has 0 bridgehead atoms. The van der Waals surface area contributed by atoms with Gasteiger partial charge in [0.25, 0.3) is 0 Å². The lowest BCUT2D eigenvalue weighted by Crippen LogP contribution is -2.15. The molecule has 0 aliphatic carbocycles. The summed E-state index contributed by atoms with van der Waals surface area (Å²) in [7, 11) is 0. The van der Waals surface area contributed by atoms with Crippen LogP contribution < -0.4 is 14.2 Å². The Labute approximate surface area is 151 Å². The molecular formula is C19H13F2NO5. The summed E-state index contributed by atoms with van der Waals surface area (Å²) in [6.07, 6.45) is 0. The predicted molar refractivity (Wildman–Crippen MR) is 91.8 cm³/mol. The molecule has 138 valence electrons. The number of nitrogens with zero attached hydrogens (tertiary/aromatic N) is 1. The van der Waals surface area contributed by atoms with Gasteiger partial charge in [0.15, 0.2) is 11.5 Å². The lowest BCUT2D eigenvalue weighted by atomic mass is 10.0. The Balaban J connectivity index is 1.82. The zero-order valence-corrected chi connectivity index (χ0v) is 13.8. The number of aromatic carboxylic acids is 1. The highest BCUT2D eigenvalue weighted by molar-refractivity contribution is 6.04. The van der Waals surface area contributed by atoms with E-state index in [9.17, 15) is 18.7 Å². The van der Waals surface area contributed by atoms with Crippen LogP contribution in [0.25, 0.3) is 22.2 Å². The van der Waals surface area contributed by atoms with Crippen molar-refractivity contribution in [2.45, 2.75) is 6.61 Å². The van der Waals surface area contributed by atoms with E-state index in [4.69, 9.17) is 9.47 Å². The van der Waals surface area contributed by atoms with Crippen molar-refractivity contribution in [1.82, 2.24) is 4.98 Å². The number of aromatic nitrogens is 1. The van der Waals surface area contributed by atoms with Crippen LogP contribution in [0, 0.1) is 0 Å². The van der Waals surface area contributed by atoms with E-state index in [1.165, 1.54) is 30.3 Å². The van der Waals surface area contributed by atoms with Crippen molar-refractivity contribution in [3.05, 3.63) is 48.0 Å². The minimum absolute atomic E-state index is 0.00705. The third-order valence-electron chi connectivity index (χ3n) is 4.08. The molecule has 27 heavy (non-hydrogen) atoms. The molecule has 6 nitrogen and oxygen atoms in total. The zero-order chi connectivity index (χ0) is 19.0. The van der Waals surface area contributed by atoms with Gasteiger partial charge in [-0.3, -0.25) is 0 Å². The highest BCUT2D eigenvalue weighted by Gasteiger charge is 2.19. The van der Waals surface area contributed by atoms with Crippen LogP contribution >= 0.6 is 0 Å². The molecule has 0 radical (unpaired) electrons. The third-order valence-corrected chi connectivity index (χ3v) is 4.08. The van der Waals surface area contributed by atoms with Crippen molar-refractivity contribution in [1.29, 1.82) is 0 Å². The molecule has 1 aliphatic heterocycles. The molecule has 0 atom stereocenters. The number of carboxylic acids is 1. The smallest absolute Gasteiger partial charge is 0.387 e. The second-order valence-electron chi connectivity index (χ2n) is 5.78. The molecule has 2 heterocycles. The van der Waals surface area contributed by atoms with Crippen LogP contribution in [-0.4, -0.2) is 35.9 Å². The minimum Gasteiger partial charge on any atom is -0.486 e. The summed E-state index contributed by atoms with van der Waals surface area (Å²) in [4.78, 5) is 16.2. The molecule has 3 aromatic rings. The lowest BCUT2D eigenvalue weighted by molar-refractivity contribution is -0.0498. The Morgan fingerprint density at radius 2 is 1.74 bits per heavy atom. The van der Waals surface area contributed by atoms with Gasteiger partial charge in [-0.2, -0.15) is 8.78 Å². The number of ether oxygens (including phenoxy) is 3. The molecule has 4 rings (SSSR count). The molecule has 2 aromatic carbocycles. The van der Waals surface area contributed by atoms with E-state index >= 15 is 0 Å². The average molecular weight is 373 g/mol. The maximum atomic E-state index is 12.3. The molecule has 0 unspecified atom stereocenters. The Morgan fingerprint density at radius 3 is 2.37 bits per heavy atom. The summed E-state index contributed by atoms with van der Waals surface area (Å²) in [5, 5.41) is 10.0.